The van der Waals surface area contributed by atoms with E-state index < -0.39 is 0 Å². The highest BCUT2D eigenvalue weighted by Crippen LogP contribution is 2.26. The Morgan fingerprint density at radius 1 is 1.42 bits per heavy atom. The van der Waals surface area contributed by atoms with Crippen LogP contribution in [0.5, 0.6) is 11.5 Å². The molecule has 0 saturated carbocycles. The number of ether oxygens (including phenoxy) is 1. The van der Waals surface area contributed by atoms with Crippen molar-refractivity contribution in [3.8, 4) is 11.5 Å². The minimum atomic E-state index is 0.155. The van der Waals surface area contributed by atoms with Gasteiger partial charge in [0.05, 0.1) is 18.5 Å². The number of benzene rings is 1. The molecule has 1 aromatic carbocycles. The van der Waals surface area contributed by atoms with Crippen LogP contribution in [0.2, 0.25) is 0 Å². The molecule has 0 unspecified atom stereocenters. The second kappa shape index (κ2) is 5.65. The maximum Gasteiger partial charge on any atom is 0.160 e. The maximum absolute atomic E-state index is 9.72. The van der Waals surface area contributed by atoms with E-state index in [1.54, 1.807) is 12.1 Å². The fourth-order valence-corrected chi connectivity index (χ4v) is 1.90. The average Bonchev–Trinajstić information content (AvgIpc) is 2.77. The predicted molar refractivity (Wildman–Crippen MR) is 74.6 cm³/mol. The number of phenols is 1. The summed E-state index contributed by atoms with van der Waals surface area (Å²) in [7, 11) is 1.54. The third kappa shape index (κ3) is 2.99. The summed E-state index contributed by atoms with van der Waals surface area (Å²) >= 11 is 0. The summed E-state index contributed by atoms with van der Waals surface area (Å²) in [6, 6.07) is 5.38. The van der Waals surface area contributed by atoms with Crippen molar-refractivity contribution in [2.24, 2.45) is 0 Å². The van der Waals surface area contributed by atoms with E-state index in [-0.39, 0.29) is 5.75 Å². The Morgan fingerprint density at radius 2 is 2.21 bits per heavy atom. The maximum atomic E-state index is 9.72. The number of hydrogen-bond acceptors (Lipinski definition) is 4. The van der Waals surface area contributed by atoms with Gasteiger partial charge in [-0.25, -0.2) is 0 Å². The first kappa shape index (κ1) is 13.3. The molecule has 0 bridgehead atoms. The molecule has 2 rings (SSSR count). The minimum Gasteiger partial charge on any atom is -0.504 e. The molecule has 0 aliphatic heterocycles. The summed E-state index contributed by atoms with van der Waals surface area (Å²) in [5.41, 5.74) is 2.97. The highest BCUT2D eigenvalue weighted by molar-refractivity contribution is 5.47. The van der Waals surface area contributed by atoms with Crippen LogP contribution in [0.25, 0.3) is 0 Å². The van der Waals surface area contributed by atoms with Crippen molar-refractivity contribution in [2.45, 2.75) is 26.9 Å². The monoisotopic (exact) mass is 261 g/mol. The fourth-order valence-electron chi connectivity index (χ4n) is 1.90. The van der Waals surface area contributed by atoms with Gasteiger partial charge in [0, 0.05) is 19.3 Å². The van der Waals surface area contributed by atoms with Gasteiger partial charge in [-0.2, -0.15) is 5.10 Å². The number of rotatable bonds is 5. The number of anilines is 1. The third-order valence-corrected chi connectivity index (χ3v) is 3.00. The van der Waals surface area contributed by atoms with E-state index in [2.05, 4.69) is 17.3 Å². The van der Waals surface area contributed by atoms with E-state index in [4.69, 9.17) is 4.74 Å². The molecule has 19 heavy (non-hydrogen) atoms. The van der Waals surface area contributed by atoms with Crippen molar-refractivity contribution in [1.82, 2.24) is 9.78 Å². The van der Waals surface area contributed by atoms with Crippen LogP contribution in [-0.4, -0.2) is 22.0 Å². The highest BCUT2D eigenvalue weighted by atomic mass is 16.5. The third-order valence-electron chi connectivity index (χ3n) is 3.00. The van der Waals surface area contributed by atoms with E-state index >= 15 is 0 Å². The van der Waals surface area contributed by atoms with Crippen molar-refractivity contribution in [2.75, 3.05) is 12.4 Å². The first-order valence-corrected chi connectivity index (χ1v) is 6.27. The predicted octanol–water partition coefficient (Wildman–Crippen LogP) is 2.54. The topological polar surface area (TPSA) is 59.3 Å². The average molecular weight is 261 g/mol. The molecular weight excluding hydrogens is 242 g/mol. The lowest BCUT2D eigenvalue weighted by molar-refractivity contribution is 0.373. The van der Waals surface area contributed by atoms with Gasteiger partial charge in [-0.3, -0.25) is 4.68 Å². The Labute approximate surface area is 112 Å². The second-order valence-electron chi connectivity index (χ2n) is 4.34. The SMILES string of the molecule is CCn1cc(NCc2ccc(OC)c(O)c2)c(C)n1. The van der Waals surface area contributed by atoms with Crippen LogP contribution in [0.1, 0.15) is 18.2 Å². The van der Waals surface area contributed by atoms with Gasteiger partial charge < -0.3 is 15.2 Å². The van der Waals surface area contributed by atoms with Crippen LogP contribution < -0.4 is 10.1 Å². The van der Waals surface area contributed by atoms with Gasteiger partial charge >= 0.3 is 0 Å². The zero-order chi connectivity index (χ0) is 13.8. The van der Waals surface area contributed by atoms with Gasteiger partial charge in [0.2, 0.25) is 0 Å². The molecule has 102 valence electrons. The summed E-state index contributed by atoms with van der Waals surface area (Å²) in [5.74, 6) is 0.640. The molecule has 0 atom stereocenters. The van der Waals surface area contributed by atoms with Gasteiger partial charge in [-0.1, -0.05) is 6.07 Å². The van der Waals surface area contributed by atoms with E-state index in [1.807, 2.05) is 23.9 Å². The quantitative estimate of drug-likeness (QED) is 0.868. The number of methoxy groups -OCH3 is 1. The molecule has 0 fully saturated rings. The summed E-state index contributed by atoms with van der Waals surface area (Å²) in [6.07, 6.45) is 1.98. The number of hydrogen-bond donors (Lipinski definition) is 2. The molecule has 0 aliphatic carbocycles. The molecule has 0 amide bonds. The number of phenolic OH excluding ortho intramolecular Hbond substituents is 1. The van der Waals surface area contributed by atoms with Gasteiger partial charge in [0.1, 0.15) is 0 Å². The molecule has 1 aromatic heterocycles. The largest absolute Gasteiger partial charge is 0.504 e. The molecular formula is C14H19N3O2. The summed E-state index contributed by atoms with van der Waals surface area (Å²) in [5, 5.41) is 17.4. The lowest BCUT2D eigenvalue weighted by Gasteiger charge is -2.08. The lowest BCUT2D eigenvalue weighted by Crippen LogP contribution is -1.99. The van der Waals surface area contributed by atoms with E-state index in [9.17, 15) is 5.11 Å². The highest BCUT2D eigenvalue weighted by Gasteiger charge is 2.05. The van der Waals surface area contributed by atoms with Crippen molar-refractivity contribution in [3.05, 3.63) is 35.7 Å². The summed E-state index contributed by atoms with van der Waals surface area (Å²) in [6.45, 7) is 5.51. The molecule has 1 heterocycles. The van der Waals surface area contributed by atoms with Gasteiger partial charge in [0.15, 0.2) is 11.5 Å². The van der Waals surface area contributed by atoms with Crippen LogP contribution in [-0.2, 0) is 13.1 Å². The van der Waals surface area contributed by atoms with Crippen LogP contribution in [0, 0.1) is 6.92 Å². The Hall–Kier alpha value is -2.17. The van der Waals surface area contributed by atoms with E-state index in [1.165, 1.54) is 7.11 Å². The van der Waals surface area contributed by atoms with E-state index in [0.29, 0.717) is 12.3 Å². The zero-order valence-corrected chi connectivity index (χ0v) is 11.5. The van der Waals surface area contributed by atoms with Crippen molar-refractivity contribution in [3.63, 3.8) is 0 Å². The lowest BCUT2D eigenvalue weighted by atomic mass is 10.2. The number of nitrogens with zero attached hydrogens (tertiary/aromatic N) is 2. The molecule has 2 N–H and O–H groups in total. The second-order valence-corrected chi connectivity index (χ2v) is 4.34. The van der Waals surface area contributed by atoms with Crippen LogP contribution in [0.4, 0.5) is 5.69 Å². The van der Waals surface area contributed by atoms with Crippen LogP contribution in [0.15, 0.2) is 24.4 Å². The van der Waals surface area contributed by atoms with E-state index in [0.717, 1.165) is 23.5 Å². The first-order chi connectivity index (χ1) is 9.13. The summed E-state index contributed by atoms with van der Waals surface area (Å²) in [4.78, 5) is 0. The van der Waals surface area contributed by atoms with Gasteiger partial charge in [0.25, 0.3) is 0 Å². The fraction of sp³-hybridized carbons (Fsp3) is 0.357. The number of nitrogens with one attached hydrogen (secondary N) is 1. The minimum absolute atomic E-state index is 0.155. The normalized spacial score (nSPS) is 10.5. The zero-order valence-electron chi connectivity index (χ0n) is 11.5. The number of aromatic nitrogens is 2. The first-order valence-electron chi connectivity index (χ1n) is 6.27. The molecule has 5 heteroatoms. The Kier molecular flexibility index (Phi) is 3.94. The Balaban J connectivity index is 2.05. The standard InChI is InChI=1S/C14H19N3O2/c1-4-17-9-12(10(2)16-17)15-8-11-5-6-14(19-3)13(18)7-11/h5-7,9,15,18H,4,8H2,1-3H3. The molecule has 0 aliphatic rings. The molecule has 5 nitrogen and oxygen atoms in total. The van der Waals surface area contributed by atoms with Crippen LogP contribution in [0.3, 0.4) is 0 Å². The van der Waals surface area contributed by atoms with Gasteiger partial charge in [-0.15, -0.1) is 0 Å². The van der Waals surface area contributed by atoms with Gasteiger partial charge in [-0.05, 0) is 31.5 Å². The smallest absolute Gasteiger partial charge is 0.160 e. The summed E-state index contributed by atoms with van der Waals surface area (Å²) < 4.78 is 6.91. The van der Waals surface area contributed by atoms with Crippen LogP contribution >= 0.6 is 0 Å². The molecule has 2 aromatic rings. The molecule has 0 saturated heterocycles. The van der Waals surface area contributed by atoms with Crippen molar-refractivity contribution in [1.29, 1.82) is 0 Å². The van der Waals surface area contributed by atoms with Crippen molar-refractivity contribution >= 4 is 5.69 Å². The number of aromatic hydroxyl groups is 1. The Bertz CT molecular complexity index is 564. The van der Waals surface area contributed by atoms with Crippen molar-refractivity contribution < 1.29 is 9.84 Å². The number of aryl methyl sites for hydroxylation is 2. The molecule has 0 radical (unpaired) electrons. The Morgan fingerprint density at radius 3 is 2.79 bits per heavy atom. The molecule has 0 spiro atoms.